The average molecular weight is 412 g/mol. The van der Waals surface area contributed by atoms with E-state index in [0.717, 1.165) is 5.56 Å². The summed E-state index contributed by atoms with van der Waals surface area (Å²) >= 11 is 1.35. The maximum Gasteiger partial charge on any atom is 0.252 e. The van der Waals surface area contributed by atoms with Crippen LogP contribution in [0.3, 0.4) is 0 Å². The number of nitrogens with zero attached hydrogens (tertiary/aromatic N) is 4. The van der Waals surface area contributed by atoms with Gasteiger partial charge in [-0.05, 0) is 29.2 Å². The molecule has 6 nitrogen and oxygen atoms in total. The van der Waals surface area contributed by atoms with Gasteiger partial charge in [0.25, 0.3) is 5.91 Å². The number of halogens is 1. The highest BCUT2D eigenvalue weighted by Crippen LogP contribution is 2.25. The van der Waals surface area contributed by atoms with Crippen molar-refractivity contribution in [3.8, 4) is 5.75 Å². The van der Waals surface area contributed by atoms with E-state index in [9.17, 15) is 9.18 Å². The number of rotatable bonds is 6. The molecule has 0 saturated carbocycles. The minimum atomic E-state index is -0.372. The Morgan fingerprint density at radius 1 is 1.17 bits per heavy atom. The van der Waals surface area contributed by atoms with Gasteiger partial charge in [0.2, 0.25) is 5.16 Å². The molecule has 4 rings (SSSR count). The first-order chi connectivity index (χ1) is 14.0. The number of benzene rings is 2. The third-order valence-corrected chi connectivity index (χ3v) is 5.58. The first kappa shape index (κ1) is 19.4. The van der Waals surface area contributed by atoms with Crippen LogP contribution >= 0.6 is 11.8 Å². The number of aromatic nitrogens is 3. The second kappa shape index (κ2) is 8.24. The van der Waals surface area contributed by atoms with E-state index in [1.54, 1.807) is 21.8 Å². The predicted molar refractivity (Wildman–Crippen MR) is 109 cm³/mol. The third kappa shape index (κ3) is 4.27. The van der Waals surface area contributed by atoms with Crippen molar-refractivity contribution in [2.24, 2.45) is 0 Å². The van der Waals surface area contributed by atoms with Crippen molar-refractivity contribution in [3.05, 3.63) is 71.3 Å². The Kier molecular flexibility index (Phi) is 5.53. The molecule has 1 amide bonds. The highest BCUT2D eigenvalue weighted by atomic mass is 32.2. The lowest BCUT2D eigenvalue weighted by Gasteiger charge is -2.29. The van der Waals surface area contributed by atoms with Gasteiger partial charge in [-0.3, -0.25) is 4.79 Å². The molecule has 0 spiro atoms. The summed E-state index contributed by atoms with van der Waals surface area (Å²) in [6.45, 7) is 4.78. The molecule has 1 aliphatic heterocycles. The summed E-state index contributed by atoms with van der Waals surface area (Å²) in [6, 6.07) is 14.2. The van der Waals surface area contributed by atoms with Crippen LogP contribution in [0.1, 0.15) is 36.7 Å². The second-order valence-corrected chi connectivity index (χ2v) is 8.04. The number of hydrogen-bond donors (Lipinski definition) is 0. The molecule has 3 aromatic rings. The highest BCUT2D eigenvalue weighted by Gasteiger charge is 2.29. The first-order valence-electron chi connectivity index (χ1n) is 9.36. The van der Waals surface area contributed by atoms with E-state index in [1.165, 1.54) is 29.5 Å². The lowest BCUT2D eigenvalue weighted by Crippen LogP contribution is -2.45. The fourth-order valence-corrected chi connectivity index (χ4v) is 3.90. The van der Waals surface area contributed by atoms with Crippen molar-refractivity contribution >= 4 is 17.7 Å². The Morgan fingerprint density at radius 2 is 1.97 bits per heavy atom. The van der Waals surface area contributed by atoms with Crippen molar-refractivity contribution in [3.63, 3.8) is 0 Å². The van der Waals surface area contributed by atoms with Crippen LogP contribution in [0.25, 0.3) is 0 Å². The fraction of sp³-hybridized carbons (Fsp3) is 0.286. The molecule has 150 valence electrons. The van der Waals surface area contributed by atoms with Crippen LogP contribution in [0.5, 0.6) is 5.75 Å². The predicted octanol–water partition coefficient (Wildman–Crippen LogP) is 3.89. The molecule has 29 heavy (non-hydrogen) atoms. The van der Waals surface area contributed by atoms with Crippen LogP contribution < -0.4 is 9.75 Å². The largest absolute Gasteiger partial charge is 0.485 e. The molecule has 0 bridgehead atoms. The number of fused-ring (bicyclic) bond motifs is 1. The number of carbonyl (C=O) groups is 1. The van der Waals surface area contributed by atoms with Crippen molar-refractivity contribution in [1.29, 1.82) is 0 Å². The zero-order valence-electron chi connectivity index (χ0n) is 16.2. The van der Waals surface area contributed by atoms with Gasteiger partial charge in [0, 0.05) is 6.07 Å². The molecule has 0 N–H and O–H groups in total. The zero-order chi connectivity index (χ0) is 20.4. The Labute approximate surface area is 172 Å². The van der Waals surface area contributed by atoms with E-state index in [1.807, 2.05) is 12.1 Å². The molecule has 0 radical (unpaired) electrons. The van der Waals surface area contributed by atoms with Gasteiger partial charge < -0.3 is 4.74 Å². The summed E-state index contributed by atoms with van der Waals surface area (Å²) in [5.41, 5.74) is 2.27. The summed E-state index contributed by atoms with van der Waals surface area (Å²) in [5, 5.41) is 10.6. The van der Waals surface area contributed by atoms with Gasteiger partial charge in [-0.25, -0.2) is 14.1 Å². The van der Waals surface area contributed by atoms with E-state index in [0.29, 0.717) is 34.9 Å². The SMILES string of the molecule is CC(C)c1ccc(CN2C(=O)CSc3nnc(COc4cccc(F)c4)n32)cc1. The Hall–Kier alpha value is -2.87. The van der Waals surface area contributed by atoms with Crippen molar-refractivity contribution in [2.45, 2.75) is 38.1 Å². The number of amides is 1. The van der Waals surface area contributed by atoms with Gasteiger partial charge >= 0.3 is 0 Å². The normalized spacial score (nSPS) is 13.7. The summed E-state index contributed by atoms with van der Waals surface area (Å²) in [7, 11) is 0. The standard InChI is InChI=1S/C21H21FN4O2S/c1-14(2)16-8-6-15(7-9-16)11-25-20(27)13-29-21-24-23-19(26(21)25)12-28-18-5-3-4-17(22)10-18/h3-10,14H,11-13H2,1-2H3. The zero-order valence-corrected chi connectivity index (χ0v) is 17.0. The minimum Gasteiger partial charge on any atom is -0.485 e. The minimum absolute atomic E-state index is 0.0257. The van der Waals surface area contributed by atoms with Crippen LogP contribution in [0.15, 0.2) is 53.7 Å². The maximum atomic E-state index is 13.4. The van der Waals surface area contributed by atoms with Crippen LogP contribution in [-0.4, -0.2) is 26.5 Å². The summed E-state index contributed by atoms with van der Waals surface area (Å²) in [4.78, 5) is 12.6. The van der Waals surface area contributed by atoms with Gasteiger partial charge in [0.1, 0.15) is 18.2 Å². The monoisotopic (exact) mass is 412 g/mol. The van der Waals surface area contributed by atoms with Crippen molar-refractivity contribution < 1.29 is 13.9 Å². The lowest BCUT2D eigenvalue weighted by atomic mass is 10.0. The summed E-state index contributed by atoms with van der Waals surface area (Å²) in [5.74, 6) is 1.25. The van der Waals surface area contributed by atoms with E-state index in [4.69, 9.17) is 4.74 Å². The van der Waals surface area contributed by atoms with Crippen LogP contribution in [0.4, 0.5) is 4.39 Å². The van der Waals surface area contributed by atoms with Gasteiger partial charge in [-0.2, -0.15) is 0 Å². The Balaban J connectivity index is 1.56. The van der Waals surface area contributed by atoms with Gasteiger partial charge in [-0.1, -0.05) is 55.9 Å². The van der Waals surface area contributed by atoms with E-state index < -0.39 is 0 Å². The lowest BCUT2D eigenvalue weighted by molar-refractivity contribution is -0.118. The second-order valence-electron chi connectivity index (χ2n) is 7.09. The first-order valence-corrected chi connectivity index (χ1v) is 10.3. The van der Waals surface area contributed by atoms with Crippen LogP contribution in [0.2, 0.25) is 0 Å². The molecular weight excluding hydrogens is 391 g/mol. The summed E-state index contributed by atoms with van der Waals surface area (Å²) in [6.07, 6.45) is 0. The van der Waals surface area contributed by atoms with E-state index in [-0.39, 0.29) is 18.3 Å². The highest BCUT2D eigenvalue weighted by molar-refractivity contribution is 7.99. The molecule has 0 unspecified atom stereocenters. The topological polar surface area (TPSA) is 60.3 Å². The summed E-state index contributed by atoms with van der Waals surface area (Å²) < 4.78 is 20.7. The maximum absolute atomic E-state index is 13.4. The molecule has 1 aromatic heterocycles. The fourth-order valence-electron chi connectivity index (χ4n) is 3.08. The Morgan fingerprint density at radius 3 is 2.69 bits per heavy atom. The third-order valence-electron chi connectivity index (χ3n) is 4.67. The number of hydrogen-bond acceptors (Lipinski definition) is 5. The molecule has 0 saturated heterocycles. The number of thioether (sulfide) groups is 1. The van der Waals surface area contributed by atoms with Crippen molar-refractivity contribution in [2.75, 3.05) is 10.8 Å². The quantitative estimate of drug-likeness (QED) is 0.615. The molecule has 0 atom stereocenters. The molecule has 0 aliphatic carbocycles. The van der Waals surface area contributed by atoms with Crippen LogP contribution in [0, 0.1) is 5.82 Å². The number of ether oxygens (including phenoxy) is 1. The van der Waals surface area contributed by atoms with E-state index in [2.05, 4.69) is 36.2 Å². The van der Waals surface area contributed by atoms with E-state index >= 15 is 0 Å². The average Bonchev–Trinajstić information content (AvgIpc) is 3.12. The van der Waals surface area contributed by atoms with Gasteiger partial charge in [0.15, 0.2) is 5.82 Å². The smallest absolute Gasteiger partial charge is 0.252 e. The van der Waals surface area contributed by atoms with Crippen LogP contribution in [-0.2, 0) is 17.9 Å². The molecule has 8 heteroatoms. The van der Waals surface area contributed by atoms with Crippen molar-refractivity contribution in [1.82, 2.24) is 14.9 Å². The molecule has 2 aromatic carbocycles. The number of carbonyl (C=O) groups excluding carboxylic acids is 1. The van der Waals surface area contributed by atoms with Gasteiger partial charge in [-0.15, -0.1) is 10.2 Å². The molecule has 2 heterocycles. The molecule has 1 aliphatic rings. The molecule has 0 fully saturated rings. The molecular formula is C21H21FN4O2S. The van der Waals surface area contributed by atoms with Gasteiger partial charge in [0.05, 0.1) is 12.3 Å². The Bertz CT molecular complexity index is 1020.